The van der Waals surface area contributed by atoms with E-state index in [0.29, 0.717) is 5.56 Å². The molecule has 0 heterocycles. The van der Waals surface area contributed by atoms with E-state index in [4.69, 9.17) is 21.6 Å². The summed E-state index contributed by atoms with van der Waals surface area (Å²) < 4.78 is 54.7. The fraction of sp³-hybridized carbons (Fsp3) is 0.133. The van der Waals surface area contributed by atoms with Gasteiger partial charge in [-0.1, -0.05) is 17.7 Å². The number of nitriles is 1. The molecule has 0 saturated carbocycles. The number of aliphatic hydroxyl groups is 1. The van der Waals surface area contributed by atoms with Crippen LogP contribution in [0.2, 0.25) is 5.02 Å². The second kappa shape index (κ2) is 7.65. The number of halogens is 3. The third kappa shape index (κ3) is 4.36. The third-order valence-electron chi connectivity index (χ3n) is 3.04. The summed E-state index contributed by atoms with van der Waals surface area (Å²) in [6, 6.07) is 10.5. The van der Waals surface area contributed by atoms with E-state index >= 15 is 0 Å². The second-order valence-electron chi connectivity index (χ2n) is 4.71. The van der Waals surface area contributed by atoms with Crippen LogP contribution in [0.4, 0.5) is 14.5 Å². The molecular formula is C15H11ClF2N2O4S. The summed E-state index contributed by atoms with van der Waals surface area (Å²) >= 11 is 6.07. The number of alkyl halides is 2. The Morgan fingerprint density at radius 3 is 2.64 bits per heavy atom. The van der Waals surface area contributed by atoms with Gasteiger partial charge in [-0.05, 0) is 30.3 Å². The largest absolute Gasteiger partial charge is 0.456 e. The highest BCUT2D eigenvalue weighted by atomic mass is 35.5. The van der Waals surface area contributed by atoms with Crippen molar-refractivity contribution in [3.8, 4) is 17.6 Å². The van der Waals surface area contributed by atoms with Crippen molar-refractivity contribution in [3.05, 3.63) is 52.5 Å². The van der Waals surface area contributed by atoms with Crippen molar-refractivity contribution >= 4 is 27.3 Å². The van der Waals surface area contributed by atoms with Crippen molar-refractivity contribution in [1.82, 2.24) is 0 Å². The molecule has 0 aliphatic carbocycles. The minimum Gasteiger partial charge on any atom is -0.456 e. The van der Waals surface area contributed by atoms with Crippen LogP contribution in [0.15, 0.2) is 36.4 Å². The first-order valence-electron chi connectivity index (χ1n) is 6.68. The molecule has 0 unspecified atom stereocenters. The highest BCUT2D eigenvalue weighted by Gasteiger charge is 2.25. The molecule has 10 heteroatoms. The van der Waals surface area contributed by atoms with Crippen molar-refractivity contribution in [1.29, 1.82) is 5.26 Å². The summed E-state index contributed by atoms with van der Waals surface area (Å²) in [4.78, 5) is 0. The minimum atomic E-state index is -4.91. The number of nitrogens with zero attached hydrogens (tertiary/aromatic N) is 1. The van der Waals surface area contributed by atoms with E-state index in [1.54, 1.807) is 22.9 Å². The van der Waals surface area contributed by atoms with Crippen LogP contribution < -0.4 is 9.46 Å². The van der Waals surface area contributed by atoms with Crippen molar-refractivity contribution in [2.75, 3.05) is 4.72 Å². The molecule has 0 atom stereocenters. The summed E-state index contributed by atoms with van der Waals surface area (Å²) in [6.07, 6.45) is 0. The van der Waals surface area contributed by atoms with Gasteiger partial charge in [0.15, 0.2) is 0 Å². The second-order valence-corrected chi connectivity index (χ2v) is 6.74. The van der Waals surface area contributed by atoms with Gasteiger partial charge in [-0.25, -0.2) is 8.42 Å². The van der Waals surface area contributed by atoms with Crippen molar-refractivity contribution in [3.63, 3.8) is 0 Å². The number of aliphatic hydroxyl groups excluding tert-OH is 1. The van der Waals surface area contributed by atoms with Gasteiger partial charge in [0.2, 0.25) is 0 Å². The fourth-order valence-electron chi connectivity index (χ4n) is 1.88. The van der Waals surface area contributed by atoms with Gasteiger partial charge in [0, 0.05) is 5.56 Å². The van der Waals surface area contributed by atoms with E-state index in [9.17, 15) is 22.3 Å². The number of anilines is 1. The van der Waals surface area contributed by atoms with Gasteiger partial charge in [-0.15, -0.1) is 0 Å². The van der Waals surface area contributed by atoms with Gasteiger partial charge in [0.05, 0.1) is 28.9 Å². The van der Waals surface area contributed by atoms with E-state index in [0.717, 1.165) is 6.07 Å². The zero-order valence-corrected chi connectivity index (χ0v) is 14.0. The average Bonchev–Trinajstić information content (AvgIpc) is 2.57. The highest BCUT2D eigenvalue weighted by molar-refractivity contribution is 7.93. The minimum absolute atomic E-state index is 0.0563. The summed E-state index contributed by atoms with van der Waals surface area (Å²) in [5.74, 6) is -3.30. The number of nitrogens with one attached hydrogen (secondary N) is 1. The molecule has 0 aliphatic rings. The number of hydrogen-bond donors (Lipinski definition) is 2. The zero-order chi connectivity index (χ0) is 18.6. The lowest BCUT2D eigenvalue weighted by atomic mass is 10.2. The van der Waals surface area contributed by atoms with E-state index in [1.807, 2.05) is 6.07 Å². The first-order valence-corrected chi connectivity index (χ1v) is 8.61. The quantitative estimate of drug-likeness (QED) is 0.789. The molecule has 0 spiro atoms. The summed E-state index contributed by atoms with van der Waals surface area (Å²) in [5, 5.41) is 18.1. The summed E-state index contributed by atoms with van der Waals surface area (Å²) in [5.41, 5.74) is -0.0666. The van der Waals surface area contributed by atoms with Crippen molar-refractivity contribution < 1.29 is 27.0 Å². The van der Waals surface area contributed by atoms with Crippen LogP contribution in [0.3, 0.4) is 0 Å². The van der Waals surface area contributed by atoms with Gasteiger partial charge < -0.3 is 9.84 Å². The molecule has 2 aromatic carbocycles. The zero-order valence-electron chi connectivity index (χ0n) is 12.4. The summed E-state index contributed by atoms with van der Waals surface area (Å²) in [6.45, 7) is -0.713. The summed E-state index contributed by atoms with van der Waals surface area (Å²) in [7, 11) is -4.91. The third-order valence-corrected chi connectivity index (χ3v) is 4.43. The maximum atomic E-state index is 12.5. The maximum Gasteiger partial charge on any atom is 0.355 e. The van der Waals surface area contributed by atoms with Crippen LogP contribution in [0, 0.1) is 11.3 Å². The van der Waals surface area contributed by atoms with E-state index in [2.05, 4.69) is 0 Å². The average molecular weight is 389 g/mol. The lowest BCUT2D eigenvalue weighted by molar-refractivity contribution is 0.236. The Bertz CT molecular complexity index is 930. The Morgan fingerprint density at radius 2 is 2.04 bits per heavy atom. The lowest BCUT2D eigenvalue weighted by Crippen LogP contribution is -2.21. The Hall–Kier alpha value is -2.41. The Kier molecular flexibility index (Phi) is 5.79. The molecular weight excluding hydrogens is 378 g/mol. The molecule has 0 bridgehead atoms. The first kappa shape index (κ1) is 18.9. The van der Waals surface area contributed by atoms with Crippen LogP contribution in [-0.2, 0) is 16.6 Å². The molecule has 2 rings (SSSR count). The molecule has 0 aromatic heterocycles. The molecule has 2 aromatic rings. The van der Waals surface area contributed by atoms with Crippen molar-refractivity contribution in [2.24, 2.45) is 0 Å². The molecule has 6 nitrogen and oxygen atoms in total. The van der Waals surface area contributed by atoms with Gasteiger partial charge in [-0.2, -0.15) is 14.0 Å². The van der Waals surface area contributed by atoms with Gasteiger partial charge in [0.25, 0.3) is 10.0 Å². The van der Waals surface area contributed by atoms with E-state index in [1.165, 1.54) is 12.1 Å². The smallest absolute Gasteiger partial charge is 0.355 e. The van der Waals surface area contributed by atoms with E-state index in [-0.39, 0.29) is 27.8 Å². The SMILES string of the molecule is N#Cc1cccc(Oc2ccc(NS(=O)(=O)C(F)F)c(CO)c2Cl)c1. The van der Waals surface area contributed by atoms with Crippen LogP contribution in [0.5, 0.6) is 11.5 Å². The molecule has 0 fully saturated rings. The van der Waals surface area contributed by atoms with Crippen LogP contribution in [0.1, 0.15) is 11.1 Å². The Labute approximate surface area is 147 Å². The maximum absolute atomic E-state index is 12.5. The van der Waals surface area contributed by atoms with Crippen LogP contribution in [-0.4, -0.2) is 19.3 Å². The molecule has 0 amide bonds. The predicted molar refractivity (Wildman–Crippen MR) is 87.2 cm³/mol. The topological polar surface area (TPSA) is 99.4 Å². The first-order chi connectivity index (χ1) is 11.8. The van der Waals surface area contributed by atoms with Gasteiger partial charge in [0.1, 0.15) is 11.5 Å². The van der Waals surface area contributed by atoms with Crippen LogP contribution >= 0.6 is 11.6 Å². The fourth-order valence-corrected chi connectivity index (χ4v) is 2.73. The molecule has 0 radical (unpaired) electrons. The normalized spacial score (nSPS) is 11.2. The molecule has 0 aliphatic heterocycles. The highest BCUT2D eigenvalue weighted by Crippen LogP contribution is 2.37. The Morgan fingerprint density at radius 1 is 1.32 bits per heavy atom. The lowest BCUT2D eigenvalue weighted by Gasteiger charge is -2.15. The Balaban J connectivity index is 2.38. The molecule has 0 saturated heterocycles. The van der Waals surface area contributed by atoms with Crippen LogP contribution in [0.25, 0.3) is 0 Å². The monoisotopic (exact) mass is 388 g/mol. The van der Waals surface area contributed by atoms with Crippen molar-refractivity contribution in [2.45, 2.75) is 12.4 Å². The standard InChI is InChI=1S/C15H11ClF2N2O4S/c16-14-11(8-21)12(20-25(22,23)15(17)18)4-5-13(14)24-10-3-1-2-9(6-10)7-19/h1-6,15,20-21H,8H2. The van der Waals surface area contributed by atoms with Gasteiger partial charge >= 0.3 is 5.76 Å². The van der Waals surface area contributed by atoms with E-state index < -0.39 is 22.4 Å². The number of benzene rings is 2. The predicted octanol–water partition coefficient (Wildman–Crippen LogP) is 3.46. The number of ether oxygens (including phenoxy) is 1. The van der Waals surface area contributed by atoms with Gasteiger partial charge in [-0.3, -0.25) is 4.72 Å². The number of sulfonamides is 1. The molecule has 132 valence electrons. The molecule has 25 heavy (non-hydrogen) atoms. The number of rotatable bonds is 6. The number of hydrogen-bond acceptors (Lipinski definition) is 5. The molecule has 2 N–H and O–H groups in total.